The van der Waals surface area contributed by atoms with E-state index in [0.29, 0.717) is 0 Å². The fourth-order valence-electron chi connectivity index (χ4n) is 2.19. The molecule has 1 fully saturated rings. The normalized spacial score (nSPS) is 16.0. The zero-order chi connectivity index (χ0) is 13.2. The number of halogens is 2. The second kappa shape index (κ2) is 5.58. The molecule has 1 saturated carbocycles. The average molecular weight is 270 g/mol. The summed E-state index contributed by atoms with van der Waals surface area (Å²) in [6.45, 7) is 5.51. The van der Waals surface area contributed by atoms with E-state index in [0.717, 1.165) is 31.0 Å². The van der Waals surface area contributed by atoms with Crippen molar-refractivity contribution in [3.63, 3.8) is 0 Å². The molecule has 1 aromatic rings. The average Bonchev–Trinajstić information content (AvgIpc) is 3.07. The van der Waals surface area contributed by atoms with Crippen LogP contribution in [0.1, 0.15) is 38.7 Å². The summed E-state index contributed by atoms with van der Waals surface area (Å²) in [5.74, 6) is -0.318. The van der Waals surface area contributed by atoms with Crippen molar-refractivity contribution in [3.8, 4) is 0 Å². The molecule has 0 bridgehead atoms. The molecule has 0 atom stereocenters. The minimum Gasteiger partial charge on any atom is -0.314 e. The number of hydrogen-bond acceptors (Lipinski definition) is 1. The maximum absolute atomic E-state index is 13.4. The lowest BCUT2D eigenvalue weighted by molar-refractivity contribution is 0.324. The van der Waals surface area contributed by atoms with E-state index in [1.54, 1.807) is 12.1 Å². The van der Waals surface area contributed by atoms with E-state index in [2.05, 4.69) is 19.2 Å². The van der Waals surface area contributed by atoms with Crippen molar-refractivity contribution in [3.05, 3.63) is 34.6 Å². The fraction of sp³-hybridized carbons (Fsp3) is 0.600. The van der Waals surface area contributed by atoms with Gasteiger partial charge in [-0.15, -0.1) is 0 Å². The number of rotatable bonds is 6. The van der Waals surface area contributed by atoms with Gasteiger partial charge in [-0.2, -0.15) is 0 Å². The van der Waals surface area contributed by atoms with E-state index in [1.165, 1.54) is 12.8 Å². The predicted octanol–water partition coefficient (Wildman–Crippen LogP) is 4.19. The van der Waals surface area contributed by atoms with Crippen LogP contribution < -0.4 is 5.32 Å². The van der Waals surface area contributed by atoms with Crippen molar-refractivity contribution < 1.29 is 4.39 Å². The molecule has 0 heterocycles. The molecule has 0 unspecified atom stereocenters. The molecular formula is C15H21ClFN. The van der Waals surface area contributed by atoms with Crippen LogP contribution in [0.15, 0.2) is 18.2 Å². The Hall–Kier alpha value is -0.600. The van der Waals surface area contributed by atoms with Crippen LogP contribution in [0.3, 0.4) is 0 Å². The van der Waals surface area contributed by atoms with E-state index in [-0.39, 0.29) is 16.3 Å². The highest BCUT2D eigenvalue weighted by Gasteiger charge is 2.23. The molecule has 1 aromatic carbocycles. The highest BCUT2D eigenvalue weighted by molar-refractivity contribution is 6.30. The largest absolute Gasteiger partial charge is 0.314 e. The Kier molecular flexibility index (Phi) is 4.29. The molecule has 1 aliphatic rings. The molecule has 1 aliphatic carbocycles. The molecule has 1 N–H and O–H groups in total. The molecule has 1 nitrogen and oxygen atoms in total. The van der Waals surface area contributed by atoms with Gasteiger partial charge in [0.2, 0.25) is 0 Å². The molecule has 0 spiro atoms. The van der Waals surface area contributed by atoms with Gasteiger partial charge < -0.3 is 5.32 Å². The molecule has 0 saturated heterocycles. The van der Waals surface area contributed by atoms with Crippen LogP contribution in [0.25, 0.3) is 0 Å². The number of benzene rings is 1. The SMILES string of the molecule is CC(C)(CCNC1CC1)Cc1ccc(Cl)c(F)c1. The van der Waals surface area contributed by atoms with Gasteiger partial charge in [0.15, 0.2) is 0 Å². The highest BCUT2D eigenvalue weighted by Crippen LogP contribution is 2.28. The summed E-state index contributed by atoms with van der Waals surface area (Å²) in [7, 11) is 0. The molecule has 0 aliphatic heterocycles. The van der Waals surface area contributed by atoms with Crippen molar-refractivity contribution in [1.82, 2.24) is 5.32 Å². The Morgan fingerprint density at radius 2 is 2.11 bits per heavy atom. The predicted molar refractivity (Wildman–Crippen MR) is 74.5 cm³/mol. The van der Waals surface area contributed by atoms with Crippen molar-refractivity contribution in [2.45, 2.75) is 45.6 Å². The lowest BCUT2D eigenvalue weighted by Gasteiger charge is -2.25. The van der Waals surface area contributed by atoms with Crippen LogP contribution in [-0.2, 0) is 6.42 Å². The van der Waals surface area contributed by atoms with Gasteiger partial charge >= 0.3 is 0 Å². The smallest absolute Gasteiger partial charge is 0.142 e. The van der Waals surface area contributed by atoms with E-state index >= 15 is 0 Å². The van der Waals surface area contributed by atoms with Gasteiger partial charge in [0.05, 0.1) is 5.02 Å². The quantitative estimate of drug-likeness (QED) is 0.817. The minimum absolute atomic E-state index is 0.183. The Morgan fingerprint density at radius 3 is 2.72 bits per heavy atom. The topological polar surface area (TPSA) is 12.0 Å². The van der Waals surface area contributed by atoms with E-state index < -0.39 is 0 Å². The Balaban J connectivity index is 1.86. The van der Waals surface area contributed by atoms with Crippen LogP contribution in [0.5, 0.6) is 0 Å². The van der Waals surface area contributed by atoms with Crippen molar-refractivity contribution in [1.29, 1.82) is 0 Å². The summed E-state index contributed by atoms with van der Waals surface area (Å²) < 4.78 is 13.4. The monoisotopic (exact) mass is 269 g/mol. The van der Waals surface area contributed by atoms with Crippen LogP contribution in [0.2, 0.25) is 5.02 Å². The first kappa shape index (κ1) is 13.8. The van der Waals surface area contributed by atoms with Crippen LogP contribution in [0, 0.1) is 11.2 Å². The summed E-state index contributed by atoms with van der Waals surface area (Å²) in [5.41, 5.74) is 1.20. The second-order valence-electron chi connectivity index (χ2n) is 6.07. The Labute approximate surface area is 114 Å². The van der Waals surface area contributed by atoms with Crippen molar-refractivity contribution >= 4 is 11.6 Å². The van der Waals surface area contributed by atoms with Gasteiger partial charge in [0.25, 0.3) is 0 Å². The summed E-state index contributed by atoms with van der Waals surface area (Å²) in [4.78, 5) is 0. The Bertz CT molecular complexity index is 413. The van der Waals surface area contributed by atoms with Crippen LogP contribution in [-0.4, -0.2) is 12.6 Å². The highest BCUT2D eigenvalue weighted by atomic mass is 35.5. The van der Waals surface area contributed by atoms with Crippen molar-refractivity contribution in [2.24, 2.45) is 5.41 Å². The number of hydrogen-bond donors (Lipinski definition) is 1. The minimum atomic E-state index is -0.318. The van der Waals surface area contributed by atoms with Gasteiger partial charge in [-0.05, 0) is 55.3 Å². The van der Waals surface area contributed by atoms with E-state index in [1.807, 2.05) is 6.07 Å². The lowest BCUT2D eigenvalue weighted by atomic mass is 9.82. The maximum Gasteiger partial charge on any atom is 0.142 e. The third-order valence-electron chi connectivity index (χ3n) is 3.48. The van der Waals surface area contributed by atoms with Crippen LogP contribution >= 0.6 is 11.6 Å². The summed E-state index contributed by atoms with van der Waals surface area (Å²) in [5, 5.41) is 3.72. The number of nitrogens with one attached hydrogen (secondary N) is 1. The lowest BCUT2D eigenvalue weighted by Crippen LogP contribution is -2.25. The first-order chi connectivity index (χ1) is 8.46. The first-order valence-corrected chi connectivity index (χ1v) is 7.01. The summed E-state index contributed by atoms with van der Waals surface area (Å²) in [6.07, 6.45) is 4.63. The molecule has 18 heavy (non-hydrogen) atoms. The third kappa shape index (κ3) is 4.25. The fourth-order valence-corrected chi connectivity index (χ4v) is 2.31. The maximum atomic E-state index is 13.4. The molecular weight excluding hydrogens is 249 g/mol. The molecule has 0 radical (unpaired) electrons. The molecule has 100 valence electrons. The Morgan fingerprint density at radius 1 is 1.39 bits per heavy atom. The van der Waals surface area contributed by atoms with E-state index in [4.69, 9.17) is 11.6 Å². The first-order valence-electron chi connectivity index (χ1n) is 6.64. The molecule has 2 rings (SSSR count). The van der Waals surface area contributed by atoms with Gasteiger partial charge in [-0.3, -0.25) is 0 Å². The zero-order valence-corrected chi connectivity index (χ0v) is 11.9. The standard InChI is InChI=1S/C15H21ClFN/c1-15(2,7-8-18-12-4-5-12)10-11-3-6-13(16)14(17)9-11/h3,6,9,12,18H,4-5,7-8,10H2,1-2H3. The molecule has 3 heteroatoms. The van der Waals surface area contributed by atoms with Gasteiger partial charge in [-0.25, -0.2) is 4.39 Å². The summed E-state index contributed by atoms with van der Waals surface area (Å²) in [6, 6.07) is 5.87. The zero-order valence-electron chi connectivity index (χ0n) is 11.1. The second-order valence-corrected chi connectivity index (χ2v) is 6.48. The molecule has 0 amide bonds. The van der Waals surface area contributed by atoms with Gasteiger partial charge in [0, 0.05) is 6.04 Å². The van der Waals surface area contributed by atoms with Crippen LogP contribution in [0.4, 0.5) is 4.39 Å². The van der Waals surface area contributed by atoms with Crippen molar-refractivity contribution in [2.75, 3.05) is 6.54 Å². The van der Waals surface area contributed by atoms with E-state index in [9.17, 15) is 4.39 Å². The molecule has 0 aromatic heterocycles. The van der Waals surface area contributed by atoms with Gasteiger partial charge in [-0.1, -0.05) is 31.5 Å². The third-order valence-corrected chi connectivity index (χ3v) is 3.79. The van der Waals surface area contributed by atoms with Gasteiger partial charge in [0.1, 0.15) is 5.82 Å². The summed E-state index contributed by atoms with van der Waals surface area (Å²) >= 11 is 5.69.